The molecule has 0 radical (unpaired) electrons. The van der Waals surface area contributed by atoms with Crippen LogP contribution in [0.4, 0.5) is 11.1 Å². The second-order valence-corrected chi connectivity index (χ2v) is 2.44. The van der Waals surface area contributed by atoms with Gasteiger partial charge in [-0.05, 0) is 4.37 Å². The Morgan fingerprint density at radius 3 is 2.67 bits per heavy atom. The van der Waals surface area contributed by atoms with Crippen molar-refractivity contribution < 1.29 is 4.57 Å². The summed E-state index contributed by atoms with van der Waals surface area (Å²) in [6.07, 6.45) is 0. The molecule has 0 atom stereocenters. The predicted molar refractivity (Wildman–Crippen MR) is 37.2 cm³/mol. The van der Waals surface area contributed by atoms with E-state index in [1.54, 1.807) is 4.57 Å². The van der Waals surface area contributed by atoms with Crippen LogP contribution in [0.5, 0.6) is 0 Å². The van der Waals surface area contributed by atoms with Gasteiger partial charge in [-0.1, -0.05) is 0 Å². The average Bonchev–Trinajstić information content (AvgIpc) is 2.15. The Morgan fingerprint density at radius 2 is 2.44 bits per heavy atom. The fourth-order valence-electron chi connectivity index (χ4n) is 0.530. The van der Waals surface area contributed by atoms with Gasteiger partial charge >= 0.3 is 5.95 Å². The monoisotopic (exact) mass is 145 g/mol. The highest BCUT2D eigenvalue weighted by atomic mass is 32.1. The van der Waals surface area contributed by atoms with Gasteiger partial charge in [-0.2, -0.15) is 0 Å². The molecule has 0 aliphatic carbocycles. The van der Waals surface area contributed by atoms with Crippen molar-refractivity contribution in [2.75, 3.05) is 18.1 Å². The Bertz CT molecular complexity index is 206. The molecule has 9 heavy (non-hydrogen) atoms. The highest BCUT2D eigenvalue weighted by molar-refractivity contribution is 7.09. The van der Waals surface area contributed by atoms with Gasteiger partial charge in [-0.3, -0.25) is 5.32 Å². The van der Waals surface area contributed by atoms with Crippen LogP contribution in [0.25, 0.3) is 0 Å². The molecule has 1 aromatic heterocycles. The van der Waals surface area contributed by atoms with E-state index >= 15 is 0 Å². The van der Waals surface area contributed by atoms with E-state index in [1.807, 2.05) is 14.1 Å². The van der Waals surface area contributed by atoms with Crippen molar-refractivity contribution in [2.45, 2.75) is 0 Å². The molecule has 0 aromatic carbocycles. The summed E-state index contributed by atoms with van der Waals surface area (Å²) < 4.78 is 5.80. The first-order valence-electron chi connectivity index (χ1n) is 2.54. The maximum Gasteiger partial charge on any atom is 0.359 e. The molecule has 0 unspecified atom stereocenters. The number of anilines is 2. The van der Waals surface area contributed by atoms with Gasteiger partial charge < -0.3 is 5.73 Å². The van der Waals surface area contributed by atoms with Crippen LogP contribution in [0, 0.1) is 0 Å². The summed E-state index contributed by atoms with van der Waals surface area (Å²) in [6.45, 7) is 0. The minimum absolute atomic E-state index is 0.708. The predicted octanol–water partition coefficient (Wildman–Crippen LogP) is -0.409. The van der Waals surface area contributed by atoms with E-state index in [0.717, 1.165) is 5.95 Å². The summed E-state index contributed by atoms with van der Waals surface area (Å²) in [5.41, 5.74) is 5.50. The lowest BCUT2D eigenvalue weighted by Crippen LogP contribution is -2.32. The normalized spacial score (nSPS) is 9.56. The quantitative estimate of drug-likeness (QED) is 0.528. The SMILES string of the molecule is CNc1nsc(N)[n+]1C. The molecule has 5 heteroatoms. The largest absolute Gasteiger partial charge is 0.359 e. The third kappa shape index (κ3) is 0.951. The molecule has 3 N–H and O–H groups in total. The van der Waals surface area contributed by atoms with Gasteiger partial charge in [0.05, 0.1) is 18.6 Å². The summed E-state index contributed by atoms with van der Waals surface area (Å²) in [6, 6.07) is 0. The van der Waals surface area contributed by atoms with E-state index in [1.165, 1.54) is 11.5 Å². The molecule has 50 valence electrons. The Morgan fingerprint density at radius 1 is 1.78 bits per heavy atom. The second kappa shape index (κ2) is 2.18. The van der Waals surface area contributed by atoms with Crippen molar-refractivity contribution in [1.29, 1.82) is 0 Å². The van der Waals surface area contributed by atoms with Gasteiger partial charge in [0, 0.05) is 7.05 Å². The molecular weight excluding hydrogens is 136 g/mol. The molecule has 4 nitrogen and oxygen atoms in total. The number of aromatic nitrogens is 2. The van der Waals surface area contributed by atoms with Crippen LogP contribution >= 0.6 is 11.5 Å². The van der Waals surface area contributed by atoms with Crippen molar-refractivity contribution in [1.82, 2.24) is 4.37 Å². The van der Waals surface area contributed by atoms with E-state index in [-0.39, 0.29) is 0 Å². The molecule has 0 amide bonds. The van der Waals surface area contributed by atoms with E-state index in [0.29, 0.717) is 5.13 Å². The van der Waals surface area contributed by atoms with Crippen LogP contribution in [0.15, 0.2) is 0 Å². The van der Waals surface area contributed by atoms with Gasteiger partial charge in [0.25, 0.3) is 5.13 Å². The lowest BCUT2D eigenvalue weighted by Gasteiger charge is -1.88. The minimum atomic E-state index is 0.708. The summed E-state index contributed by atoms with van der Waals surface area (Å²) in [4.78, 5) is 0. The number of rotatable bonds is 1. The maximum atomic E-state index is 5.50. The molecular formula is C4H9N4S+. The zero-order valence-corrected chi connectivity index (χ0v) is 6.20. The maximum absolute atomic E-state index is 5.50. The van der Waals surface area contributed by atoms with Crippen molar-refractivity contribution >= 4 is 22.6 Å². The summed E-state index contributed by atoms with van der Waals surface area (Å²) >= 11 is 1.28. The Labute approximate surface area is 57.5 Å². The van der Waals surface area contributed by atoms with Crippen LogP contribution in [-0.2, 0) is 7.05 Å². The standard InChI is InChI=1S/C4H8N4S/c1-6-4-7-9-3(5)8(4)2/h5H,1-2H3,(H,6,7)/p+1. The first-order chi connectivity index (χ1) is 4.25. The van der Waals surface area contributed by atoms with Crippen molar-refractivity contribution in [3.63, 3.8) is 0 Å². The number of hydrogen-bond donors (Lipinski definition) is 2. The lowest BCUT2D eigenvalue weighted by molar-refractivity contribution is -0.639. The first kappa shape index (κ1) is 6.28. The van der Waals surface area contributed by atoms with E-state index in [4.69, 9.17) is 5.73 Å². The topological polar surface area (TPSA) is 54.8 Å². The molecule has 0 aliphatic rings. The Kier molecular flexibility index (Phi) is 1.52. The van der Waals surface area contributed by atoms with E-state index in [2.05, 4.69) is 9.69 Å². The van der Waals surface area contributed by atoms with Crippen LogP contribution < -0.4 is 15.6 Å². The van der Waals surface area contributed by atoms with Crippen molar-refractivity contribution in [2.24, 2.45) is 7.05 Å². The summed E-state index contributed by atoms with van der Waals surface area (Å²) in [7, 11) is 3.68. The van der Waals surface area contributed by atoms with Crippen molar-refractivity contribution in [3.05, 3.63) is 0 Å². The van der Waals surface area contributed by atoms with Gasteiger partial charge in [0.2, 0.25) is 0 Å². The molecule has 0 saturated heterocycles. The Balaban J connectivity index is 3.04. The number of nitrogens with zero attached hydrogens (tertiary/aromatic N) is 2. The first-order valence-corrected chi connectivity index (χ1v) is 3.32. The van der Waals surface area contributed by atoms with Gasteiger partial charge in [-0.25, -0.2) is 4.57 Å². The van der Waals surface area contributed by atoms with E-state index < -0.39 is 0 Å². The molecule has 0 aliphatic heterocycles. The summed E-state index contributed by atoms with van der Waals surface area (Å²) in [5.74, 6) is 0.803. The van der Waals surface area contributed by atoms with Gasteiger partial charge in [-0.15, -0.1) is 0 Å². The Hall–Kier alpha value is -0.840. The van der Waals surface area contributed by atoms with Gasteiger partial charge in [0.15, 0.2) is 0 Å². The van der Waals surface area contributed by atoms with Crippen LogP contribution in [0.3, 0.4) is 0 Å². The third-order valence-corrected chi connectivity index (χ3v) is 1.82. The highest BCUT2D eigenvalue weighted by Crippen LogP contribution is 2.04. The third-order valence-electron chi connectivity index (χ3n) is 1.10. The van der Waals surface area contributed by atoms with E-state index in [9.17, 15) is 0 Å². The van der Waals surface area contributed by atoms with Crippen LogP contribution in [0.2, 0.25) is 0 Å². The average molecular weight is 145 g/mol. The summed E-state index contributed by atoms with van der Waals surface area (Å²) in [5, 5.41) is 3.61. The molecule has 1 aromatic rings. The van der Waals surface area contributed by atoms with Gasteiger partial charge in [0.1, 0.15) is 0 Å². The molecule has 0 saturated carbocycles. The van der Waals surface area contributed by atoms with Crippen LogP contribution in [0.1, 0.15) is 0 Å². The molecule has 0 bridgehead atoms. The highest BCUT2D eigenvalue weighted by Gasteiger charge is 2.08. The molecule has 0 fully saturated rings. The number of nitrogens with two attached hydrogens (primary N) is 1. The second-order valence-electron chi connectivity index (χ2n) is 1.65. The fourth-order valence-corrected chi connectivity index (χ4v) is 1.13. The van der Waals surface area contributed by atoms with Crippen molar-refractivity contribution in [3.8, 4) is 0 Å². The van der Waals surface area contributed by atoms with Crippen LogP contribution in [-0.4, -0.2) is 11.4 Å². The smallest absolute Gasteiger partial charge is 0.324 e. The minimum Gasteiger partial charge on any atom is -0.324 e. The molecule has 1 rings (SSSR count). The zero-order chi connectivity index (χ0) is 6.85. The lowest BCUT2D eigenvalue weighted by atomic mass is 10.9. The number of nitrogens with one attached hydrogen (secondary N) is 1. The molecule has 0 spiro atoms. The molecule has 1 heterocycles. The zero-order valence-electron chi connectivity index (χ0n) is 5.38. The fraction of sp³-hybridized carbons (Fsp3) is 0.500. The number of hydrogen-bond acceptors (Lipinski definition) is 4. The number of nitrogen functional groups attached to an aromatic ring is 1.